The molecular weight excluding hydrogens is 222 g/mol. The number of aromatic nitrogens is 1. The normalized spacial score (nSPS) is 12.4. The summed E-state index contributed by atoms with van der Waals surface area (Å²) in [5.41, 5.74) is 1.81. The fourth-order valence-corrected chi connectivity index (χ4v) is 1.85. The third-order valence-corrected chi connectivity index (χ3v) is 2.75. The lowest BCUT2D eigenvalue weighted by molar-refractivity contribution is 0.178. The Hall–Kier alpha value is -1.38. The molecule has 0 radical (unpaired) electrons. The molecular formula is C13H12ClNO. The lowest BCUT2D eigenvalue weighted by atomic mass is 10.0. The fraction of sp³-hybridized carbons (Fsp3) is 0.154. The Bertz CT molecular complexity index is 458. The molecule has 0 spiro atoms. The summed E-state index contributed by atoms with van der Waals surface area (Å²) >= 11 is 5.96. The predicted molar refractivity (Wildman–Crippen MR) is 64.4 cm³/mol. The van der Waals surface area contributed by atoms with E-state index in [1.165, 1.54) is 0 Å². The third-order valence-electron chi connectivity index (χ3n) is 2.43. The first-order valence-corrected chi connectivity index (χ1v) is 5.46. The molecule has 1 aromatic carbocycles. The van der Waals surface area contributed by atoms with E-state index in [1.807, 2.05) is 30.3 Å². The molecule has 1 atom stereocenters. The van der Waals surface area contributed by atoms with Crippen LogP contribution in [0.1, 0.15) is 17.2 Å². The third kappa shape index (κ3) is 2.60. The van der Waals surface area contributed by atoms with E-state index in [1.54, 1.807) is 18.5 Å². The van der Waals surface area contributed by atoms with Crippen molar-refractivity contribution in [3.63, 3.8) is 0 Å². The molecule has 0 amide bonds. The number of nitrogens with zero attached hydrogens (tertiary/aromatic N) is 1. The van der Waals surface area contributed by atoms with Crippen LogP contribution in [-0.4, -0.2) is 10.1 Å². The minimum Gasteiger partial charge on any atom is -0.388 e. The number of halogens is 1. The van der Waals surface area contributed by atoms with E-state index in [0.717, 1.165) is 11.1 Å². The number of rotatable bonds is 3. The topological polar surface area (TPSA) is 33.1 Å². The minimum atomic E-state index is -0.585. The first kappa shape index (κ1) is 11.1. The van der Waals surface area contributed by atoms with Crippen LogP contribution in [0.2, 0.25) is 5.02 Å². The van der Waals surface area contributed by atoms with Gasteiger partial charge in [-0.1, -0.05) is 41.9 Å². The molecule has 16 heavy (non-hydrogen) atoms. The Labute approximate surface area is 99.5 Å². The first-order chi connectivity index (χ1) is 7.77. The van der Waals surface area contributed by atoms with Gasteiger partial charge in [-0.15, -0.1) is 0 Å². The van der Waals surface area contributed by atoms with Crippen molar-refractivity contribution in [3.8, 4) is 0 Å². The van der Waals surface area contributed by atoms with E-state index in [-0.39, 0.29) is 0 Å². The van der Waals surface area contributed by atoms with Gasteiger partial charge in [0.1, 0.15) is 0 Å². The highest BCUT2D eigenvalue weighted by Gasteiger charge is 2.11. The first-order valence-electron chi connectivity index (χ1n) is 5.09. The van der Waals surface area contributed by atoms with Gasteiger partial charge in [-0.25, -0.2) is 0 Å². The summed E-state index contributed by atoms with van der Waals surface area (Å²) in [6, 6.07) is 11.6. The van der Waals surface area contributed by atoms with Crippen molar-refractivity contribution in [1.82, 2.24) is 4.98 Å². The Balaban J connectivity index is 2.15. The van der Waals surface area contributed by atoms with Crippen LogP contribution >= 0.6 is 11.6 Å². The van der Waals surface area contributed by atoms with Crippen LogP contribution in [0.25, 0.3) is 0 Å². The average Bonchev–Trinajstić information content (AvgIpc) is 2.31. The van der Waals surface area contributed by atoms with Gasteiger partial charge in [-0.05, 0) is 11.6 Å². The van der Waals surface area contributed by atoms with Crippen molar-refractivity contribution in [2.24, 2.45) is 0 Å². The number of aliphatic hydroxyl groups excluding tert-OH is 1. The van der Waals surface area contributed by atoms with Crippen molar-refractivity contribution < 1.29 is 5.11 Å². The molecule has 2 rings (SSSR count). The summed E-state index contributed by atoms with van der Waals surface area (Å²) in [6.45, 7) is 0. The predicted octanol–water partition coefficient (Wildman–Crippen LogP) is 3.01. The summed E-state index contributed by atoms with van der Waals surface area (Å²) in [5.74, 6) is 0. The van der Waals surface area contributed by atoms with E-state index >= 15 is 0 Å². The van der Waals surface area contributed by atoms with Crippen molar-refractivity contribution in [2.45, 2.75) is 12.5 Å². The standard InChI is InChI=1S/C13H12ClNO/c14-12-9-15-7-6-11(12)13(16)8-10-4-2-1-3-5-10/h1-7,9,13,16H,8H2. The van der Waals surface area contributed by atoms with Gasteiger partial charge in [-0.2, -0.15) is 0 Å². The molecule has 1 N–H and O–H groups in total. The van der Waals surface area contributed by atoms with Gasteiger partial charge < -0.3 is 5.11 Å². The molecule has 82 valence electrons. The summed E-state index contributed by atoms with van der Waals surface area (Å²) in [7, 11) is 0. The lowest BCUT2D eigenvalue weighted by Crippen LogP contribution is -2.02. The minimum absolute atomic E-state index is 0.505. The monoisotopic (exact) mass is 233 g/mol. The van der Waals surface area contributed by atoms with E-state index in [4.69, 9.17) is 11.6 Å². The molecule has 3 heteroatoms. The molecule has 0 aliphatic carbocycles. The Morgan fingerprint density at radius 3 is 2.62 bits per heavy atom. The molecule has 0 fully saturated rings. The van der Waals surface area contributed by atoms with Crippen LogP contribution in [0.4, 0.5) is 0 Å². The Kier molecular flexibility index (Phi) is 3.54. The van der Waals surface area contributed by atoms with E-state index in [2.05, 4.69) is 4.98 Å². The zero-order valence-corrected chi connectivity index (χ0v) is 9.43. The van der Waals surface area contributed by atoms with Gasteiger partial charge in [0, 0.05) is 24.4 Å². The second-order valence-electron chi connectivity index (χ2n) is 3.60. The van der Waals surface area contributed by atoms with Crippen molar-refractivity contribution in [1.29, 1.82) is 0 Å². The number of pyridine rings is 1. The zero-order valence-electron chi connectivity index (χ0n) is 8.68. The highest BCUT2D eigenvalue weighted by molar-refractivity contribution is 6.31. The number of hydrogen-bond acceptors (Lipinski definition) is 2. The highest BCUT2D eigenvalue weighted by atomic mass is 35.5. The summed E-state index contributed by atoms with van der Waals surface area (Å²) in [5, 5.41) is 10.5. The van der Waals surface area contributed by atoms with E-state index < -0.39 is 6.10 Å². The zero-order chi connectivity index (χ0) is 11.4. The maximum Gasteiger partial charge on any atom is 0.0845 e. The number of hydrogen-bond donors (Lipinski definition) is 1. The molecule has 0 saturated carbocycles. The van der Waals surface area contributed by atoms with Crippen LogP contribution in [0.15, 0.2) is 48.8 Å². The quantitative estimate of drug-likeness (QED) is 0.884. The average molecular weight is 234 g/mol. The Morgan fingerprint density at radius 2 is 1.94 bits per heavy atom. The van der Waals surface area contributed by atoms with Crippen LogP contribution in [-0.2, 0) is 6.42 Å². The molecule has 0 aliphatic heterocycles. The maximum atomic E-state index is 10.0. The molecule has 0 saturated heterocycles. The molecule has 0 aliphatic rings. The summed E-state index contributed by atoms with van der Waals surface area (Å²) in [6.07, 6.45) is 3.16. The summed E-state index contributed by atoms with van der Waals surface area (Å²) < 4.78 is 0. The SMILES string of the molecule is OC(Cc1ccccc1)c1ccncc1Cl. The number of aliphatic hydroxyl groups is 1. The van der Waals surface area contributed by atoms with Crippen LogP contribution in [0, 0.1) is 0 Å². The van der Waals surface area contributed by atoms with Crippen LogP contribution < -0.4 is 0 Å². The van der Waals surface area contributed by atoms with Crippen molar-refractivity contribution in [2.75, 3.05) is 0 Å². The second-order valence-corrected chi connectivity index (χ2v) is 4.01. The molecule has 0 bridgehead atoms. The second kappa shape index (κ2) is 5.10. The molecule has 2 nitrogen and oxygen atoms in total. The van der Waals surface area contributed by atoms with Gasteiger partial charge >= 0.3 is 0 Å². The smallest absolute Gasteiger partial charge is 0.0845 e. The van der Waals surface area contributed by atoms with Crippen molar-refractivity contribution in [3.05, 3.63) is 64.9 Å². The van der Waals surface area contributed by atoms with Crippen molar-refractivity contribution >= 4 is 11.6 Å². The van der Waals surface area contributed by atoms with Gasteiger partial charge in [-0.3, -0.25) is 4.98 Å². The van der Waals surface area contributed by atoms with Gasteiger partial charge in [0.25, 0.3) is 0 Å². The maximum absolute atomic E-state index is 10.0. The van der Waals surface area contributed by atoms with Gasteiger partial charge in [0.2, 0.25) is 0 Å². The van der Waals surface area contributed by atoms with E-state index in [0.29, 0.717) is 11.4 Å². The lowest BCUT2D eigenvalue weighted by Gasteiger charge is -2.12. The van der Waals surface area contributed by atoms with Gasteiger partial charge in [0.05, 0.1) is 11.1 Å². The van der Waals surface area contributed by atoms with Crippen LogP contribution in [0.5, 0.6) is 0 Å². The molecule has 1 unspecified atom stereocenters. The van der Waals surface area contributed by atoms with E-state index in [9.17, 15) is 5.11 Å². The molecule has 1 aromatic heterocycles. The van der Waals surface area contributed by atoms with Gasteiger partial charge in [0.15, 0.2) is 0 Å². The summed E-state index contributed by atoms with van der Waals surface area (Å²) in [4.78, 5) is 3.89. The molecule has 2 aromatic rings. The largest absolute Gasteiger partial charge is 0.388 e. The number of benzene rings is 1. The Morgan fingerprint density at radius 1 is 1.19 bits per heavy atom. The highest BCUT2D eigenvalue weighted by Crippen LogP contribution is 2.24. The fourth-order valence-electron chi connectivity index (χ4n) is 1.60. The molecule has 1 heterocycles. The van der Waals surface area contributed by atoms with Crippen LogP contribution in [0.3, 0.4) is 0 Å².